The SMILES string of the molecule is Cc1cc(=O)[nH]c(CCNC(=O)c2cn(CC[C@@H]3CCCCN3)nn2)n1. The molecule has 9 nitrogen and oxygen atoms in total. The van der Waals surface area contributed by atoms with Crippen LogP contribution in [-0.4, -0.2) is 50.0 Å². The maximum atomic E-state index is 12.2. The summed E-state index contributed by atoms with van der Waals surface area (Å²) in [4.78, 5) is 30.4. The lowest BCUT2D eigenvalue weighted by molar-refractivity contribution is 0.0949. The summed E-state index contributed by atoms with van der Waals surface area (Å²) in [7, 11) is 0. The molecule has 2 aromatic rings. The molecule has 1 amide bonds. The Morgan fingerprint density at radius 1 is 1.42 bits per heavy atom. The van der Waals surface area contributed by atoms with Gasteiger partial charge >= 0.3 is 0 Å². The number of hydrogen-bond acceptors (Lipinski definition) is 6. The molecule has 1 aliphatic rings. The minimum absolute atomic E-state index is 0.186. The molecule has 26 heavy (non-hydrogen) atoms. The Morgan fingerprint density at radius 2 is 2.31 bits per heavy atom. The van der Waals surface area contributed by atoms with Crippen molar-refractivity contribution in [2.45, 2.75) is 51.6 Å². The Kier molecular flexibility index (Phi) is 6.11. The maximum Gasteiger partial charge on any atom is 0.273 e. The first-order valence-corrected chi connectivity index (χ1v) is 9.09. The van der Waals surface area contributed by atoms with Gasteiger partial charge in [-0.05, 0) is 32.7 Å². The normalized spacial score (nSPS) is 17.2. The van der Waals surface area contributed by atoms with Gasteiger partial charge in [0.1, 0.15) is 5.82 Å². The monoisotopic (exact) mass is 359 g/mol. The third-order valence-corrected chi connectivity index (χ3v) is 4.46. The number of aryl methyl sites for hydroxylation is 2. The van der Waals surface area contributed by atoms with Crippen LogP contribution in [-0.2, 0) is 13.0 Å². The zero-order chi connectivity index (χ0) is 18.4. The molecule has 140 valence electrons. The van der Waals surface area contributed by atoms with E-state index in [4.69, 9.17) is 0 Å². The van der Waals surface area contributed by atoms with E-state index >= 15 is 0 Å². The van der Waals surface area contributed by atoms with E-state index in [0.29, 0.717) is 36.2 Å². The van der Waals surface area contributed by atoms with Crippen LogP contribution in [0.3, 0.4) is 0 Å². The van der Waals surface area contributed by atoms with Gasteiger partial charge in [-0.3, -0.25) is 14.3 Å². The van der Waals surface area contributed by atoms with Crippen LogP contribution in [0.15, 0.2) is 17.1 Å². The Morgan fingerprint density at radius 3 is 3.08 bits per heavy atom. The minimum Gasteiger partial charge on any atom is -0.350 e. The maximum absolute atomic E-state index is 12.2. The molecule has 3 N–H and O–H groups in total. The lowest BCUT2D eigenvalue weighted by atomic mass is 10.0. The summed E-state index contributed by atoms with van der Waals surface area (Å²) >= 11 is 0. The molecule has 1 aliphatic heterocycles. The summed E-state index contributed by atoms with van der Waals surface area (Å²) in [6.45, 7) is 3.95. The van der Waals surface area contributed by atoms with E-state index < -0.39 is 0 Å². The fraction of sp³-hybridized carbons (Fsp3) is 0.588. The Hall–Kier alpha value is -2.55. The Balaban J connectivity index is 1.44. The molecule has 1 saturated heterocycles. The first-order valence-electron chi connectivity index (χ1n) is 9.09. The summed E-state index contributed by atoms with van der Waals surface area (Å²) < 4.78 is 1.71. The van der Waals surface area contributed by atoms with Crippen molar-refractivity contribution in [3.63, 3.8) is 0 Å². The number of nitrogens with one attached hydrogen (secondary N) is 3. The fourth-order valence-corrected chi connectivity index (χ4v) is 3.11. The van der Waals surface area contributed by atoms with Crippen LogP contribution >= 0.6 is 0 Å². The fourth-order valence-electron chi connectivity index (χ4n) is 3.11. The van der Waals surface area contributed by atoms with Crippen LogP contribution in [0.2, 0.25) is 0 Å². The molecular weight excluding hydrogens is 334 g/mol. The van der Waals surface area contributed by atoms with Crippen molar-refractivity contribution in [2.75, 3.05) is 13.1 Å². The van der Waals surface area contributed by atoms with Gasteiger partial charge in [-0.1, -0.05) is 11.6 Å². The number of piperidine rings is 1. The largest absolute Gasteiger partial charge is 0.350 e. The molecule has 1 atom stereocenters. The molecule has 3 rings (SSSR count). The molecule has 3 heterocycles. The molecule has 0 saturated carbocycles. The van der Waals surface area contributed by atoms with Crippen molar-refractivity contribution in [3.05, 3.63) is 39.8 Å². The molecule has 0 unspecified atom stereocenters. The highest BCUT2D eigenvalue weighted by Crippen LogP contribution is 2.10. The van der Waals surface area contributed by atoms with E-state index in [1.165, 1.54) is 25.3 Å². The molecule has 0 bridgehead atoms. The number of amides is 1. The number of aromatic nitrogens is 5. The number of H-pyrrole nitrogens is 1. The molecule has 2 aromatic heterocycles. The summed E-state index contributed by atoms with van der Waals surface area (Å²) in [6, 6.07) is 1.96. The topological polar surface area (TPSA) is 118 Å². The van der Waals surface area contributed by atoms with Crippen LogP contribution in [0.5, 0.6) is 0 Å². The van der Waals surface area contributed by atoms with E-state index in [0.717, 1.165) is 19.5 Å². The van der Waals surface area contributed by atoms with Crippen molar-refractivity contribution < 1.29 is 4.79 Å². The van der Waals surface area contributed by atoms with E-state index in [9.17, 15) is 9.59 Å². The molecular formula is C17H25N7O2. The van der Waals surface area contributed by atoms with Gasteiger partial charge in [0.05, 0.1) is 6.20 Å². The van der Waals surface area contributed by atoms with Gasteiger partial charge in [-0.15, -0.1) is 5.10 Å². The molecule has 1 fully saturated rings. The van der Waals surface area contributed by atoms with Crippen molar-refractivity contribution in [2.24, 2.45) is 0 Å². The zero-order valence-electron chi connectivity index (χ0n) is 15.0. The standard InChI is InChI=1S/C17H25N7O2/c1-12-10-16(25)21-15(20-12)5-8-19-17(26)14-11-24(23-22-14)9-6-13-4-2-3-7-18-13/h10-11,13,18H,2-9H2,1H3,(H,19,26)(H,20,21,25)/t13-/m0/s1. The summed E-state index contributed by atoms with van der Waals surface area (Å²) in [5, 5.41) is 14.2. The number of hydrogen-bond donors (Lipinski definition) is 3. The quantitative estimate of drug-likeness (QED) is 0.649. The molecule has 9 heteroatoms. The summed E-state index contributed by atoms with van der Waals surface area (Å²) in [6.07, 6.45) is 6.81. The third kappa shape index (κ3) is 5.22. The second-order valence-electron chi connectivity index (χ2n) is 6.64. The van der Waals surface area contributed by atoms with Crippen LogP contribution in [0, 0.1) is 6.92 Å². The highest BCUT2D eigenvalue weighted by molar-refractivity contribution is 5.91. The highest BCUT2D eigenvalue weighted by atomic mass is 16.2. The van der Waals surface area contributed by atoms with Gasteiger partial charge in [-0.25, -0.2) is 4.98 Å². The lowest BCUT2D eigenvalue weighted by Gasteiger charge is -2.23. The van der Waals surface area contributed by atoms with Crippen molar-refractivity contribution in [3.8, 4) is 0 Å². The number of aromatic amines is 1. The first-order chi connectivity index (χ1) is 12.6. The van der Waals surface area contributed by atoms with Gasteiger partial charge in [0.15, 0.2) is 5.69 Å². The van der Waals surface area contributed by atoms with Gasteiger partial charge in [-0.2, -0.15) is 0 Å². The van der Waals surface area contributed by atoms with Gasteiger partial charge in [0, 0.05) is 37.3 Å². The number of carbonyl (C=O) groups excluding carboxylic acids is 1. The van der Waals surface area contributed by atoms with Crippen molar-refractivity contribution in [1.29, 1.82) is 0 Å². The van der Waals surface area contributed by atoms with Crippen molar-refractivity contribution in [1.82, 2.24) is 35.6 Å². The number of rotatable bonds is 7. The van der Waals surface area contributed by atoms with Crippen LogP contribution in [0.1, 0.15) is 47.7 Å². The third-order valence-electron chi connectivity index (χ3n) is 4.46. The molecule has 0 spiro atoms. The van der Waals surface area contributed by atoms with E-state index in [1.54, 1.807) is 17.8 Å². The average Bonchev–Trinajstić information content (AvgIpc) is 3.09. The smallest absolute Gasteiger partial charge is 0.273 e. The van der Waals surface area contributed by atoms with Crippen molar-refractivity contribution >= 4 is 5.91 Å². The number of carbonyl (C=O) groups is 1. The Bertz CT molecular complexity index is 792. The molecule has 0 aromatic carbocycles. The zero-order valence-corrected chi connectivity index (χ0v) is 15.0. The van der Waals surface area contributed by atoms with Crippen LogP contribution in [0.4, 0.5) is 0 Å². The van der Waals surface area contributed by atoms with Crippen LogP contribution in [0.25, 0.3) is 0 Å². The second kappa shape index (κ2) is 8.70. The number of nitrogens with zero attached hydrogens (tertiary/aromatic N) is 4. The summed E-state index contributed by atoms with van der Waals surface area (Å²) in [5.41, 5.74) is 0.770. The lowest BCUT2D eigenvalue weighted by Crippen LogP contribution is -2.34. The second-order valence-corrected chi connectivity index (χ2v) is 6.64. The van der Waals surface area contributed by atoms with Gasteiger partial charge in [0.25, 0.3) is 11.5 Å². The summed E-state index contributed by atoms with van der Waals surface area (Å²) in [5.74, 6) is 0.279. The predicted molar refractivity (Wildman–Crippen MR) is 95.9 cm³/mol. The predicted octanol–water partition coefficient (Wildman–Crippen LogP) is 0.175. The molecule has 0 aliphatic carbocycles. The minimum atomic E-state index is -0.276. The molecule has 0 radical (unpaired) electrons. The van der Waals surface area contributed by atoms with Crippen LogP contribution < -0.4 is 16.2 Å². The Labute approximate surface area is 151 Å². The highest BCUT2D eigenvalue weighted by Gasteiger charge is 2.14. The van der Waals surface area contributed by atoms with E-state index in [-0.39, 0.29) is 11.5 Å². The first kappa shape index (κ1) is 18.2. The average molecular weight is 359 g/mol. The van der Waals surface area contributed by atoms with Gasteiger partial charge < -0.3 is 15.6 Å². The van der Waals surface area contributed by atoms with Gasteiger partial charge in [0.2, 0.25) is 0 Å². The van der Waals surface area contributed by atoms with E-state index in [1.807, 2.05) is 0 Å². The van der Waals surface area contributed by atoms with E-state index in [2.05, 4.69) is 30.9 Å².